The summed E-state index contributed by atoms with van der Waals surface area (Å²) in [6, 6.07) is 11.0. The summed E-state index contributed by atoms with van der Waals surface area (Å²) in [4.78, 5) is 20.9. The van der Waals surface area contributed by atoms with Crippen LogP contribution in [0.4, 0.5) is 10.8 Å². The second-order valence-electron chi connectivity index (χ2n) is 6.56. The molecule has 1 N–H and O–H groups in total. The summed E-state index contributed by atoms with van der Waals surface area (Å²) in [5.74, 6) is 0.601. The number of sulfonamides is 1. The van der Waals surface area contributed by atoms with E-state index in [1.165, 1.54) is 6.07 Å². The van der Waals surface area contributed by atoms with Gasteiger partial charge in [0.1, 0.15) is 15.7 Å². The molecule has 2 aromatic heterocycles. The molecule has 0 atom stereocenters. The number of anilines is 2. The quantitative estimate of drug-likeness (QED) is 0.603. The average Bonchev–Trinajstić information content (AvgIpc) is 3.46. The van der Waals surface area contributed by atoms with E-state index in [4.69, 9.17) is 4.74 Å². The van der Waals surface area contributed by atoms with Crippen LogP contribution in [0.5, 0.6) is 5.75 Å². The Hall–Kier alpha value is -2.63. The van der Waals surface area contributed by atoms with E-state index >= 15 is 0 Å². The molecule has 158 valence electrons. The number of piperazine rings is 1. The topological polar surface area (TPSA) is 91.8 Å². The van der Waals surface area contributed by atoms with Crippen molar-refractivity contribution < 1.29 is 17.9 Å². The molecule has 1 saturated heterocycles. The maximum Gasteiger partial charge on any atom is 0.273 e. The van der Waals surface area contributed by atoms with Crippen LogP contribution in [0, 0.1) is 0 Å². The molecule has 8 nitrogen and oxygen atoms in total. The Bertz CT molecular complexity index is 1120. The fraction of sp³-hybridized carbons (Fsp3) is 0.263. The zero-order valence-corrected chi connectivity index (χ0v) is 18.6. The lowest BCUT2D eigenvalue weighted by Gasteiger charge is -2.35. The second-order valence-corrected chi connectivity index (χ2v) is 10.3. The van der Waals surface area contributed by atoms with Crippen molar-refractivity contribution in [2.24, 2.45) is 0 Å². The van der Waals surface area contributed by atoms with E-state index in [1.807, 2.05) is 24.3 Å². The van der Waals surface area contributed by atoms with Gasteiger partial charge in [0.05, 0.1) is 7.11 Å². The van der Waals surface area contributed by atoms with Crippen molar-refractivity contribution in [1.82, 2.24) is 9.88 Å². The summed E-state index contributed by atoms with van der Waals surface area (Å²) >= 11 is 2.22. The number of ether oxygens (including phenoxy) is 1. The van der Waals surface area contributed by atoms with Gasteiger partial charge < -0.3 is 14.5 Å². The van der Waals surface area contributed by atoms with Gasteiger partial charge in [0.15, 0.2) is 5.13 Å². The molecule has 3 heterocycles. The van der Waals surface area contributed by atoms with Gasteiger partial charge in [0.25, 0.3) is 15.9 Å². The molecule has 11 heteroatoms. The van der Waals surface area contributed by atoms with Crippen LogP contribution >= 0.6 is 22.7 Å². The van der Waals surface area contributed by atoms with E-state index < -0.39 is 10.0 Å². The van der Waals surface area contributed by atoms with Gasteiger partial charge in [-0.05, 0) is 23.6 Å². The molecule has 0 aliphatic carbocycles. The van der Waals surface area contributed by atoms with Gasteiger partial charge in [0, 0.05) is 43.3 Å². The number of thiophene rings is 1. The Morgan fingerprint density at radius 2 is 1.93 bits per heavy atom. The highest BCUT2D eigenvalue weighted by molar-refractivity contribution is 7.94. The van der Waals surface area contributed by atoms with E-state index in [0.717, 1.165) is 34.1 Å². The summed E-state index contributed by atoms with van der Waals surface area (Å²) < 4.78 is 32.6. The molecule has 0 radical (unpaired) electrons. The van der Waals surface area contributed by atoms with Crippen LogP contribution in [0.1, 0.15) is 10.5 Å². The number of thiazole rings is 1. The molecule has 0 spiro atoms. The normalized spacial score (nSPS) is 14.6. The SMILES string of the molecule is COc1cccc(N2CCN(C(=O)c3csc(NS(=O)(=O)c4cccs4)n3)CC2)c1. The first-order valence-corrected chi connectivity index (χ1v) is 12.4. The summed E-state index contributed by atoms with van der Waals surface area (Å²) in [6.07, 6.45) is 0. The number of methoxy groups -OCH3 is 1. The van der Waals surface area contributed by atoms with Crippen LogP contribution in [0.3, 0.4) is 0 Å². The number of amides is 1. The number of aromatic nitrogens is 1. The third-order valence-corrected chi connectivity index (χ3v) is 8.31. The smallest absolute Gasteiger partial charge is 0.273 e. The van der Waals surface area contributed by atoms with Crippen LogP contribution in [0.2, 0.25) is 0 Å². The first-order valence-electron chi connectivity index (χ1n) is 9.16. The van der Waals surface area contributed by atoms with Gasteiger partial charge in [-0.3, -0.25) is 9.52 Å². The predicted molar refractivity (Wildman–Crippen MR) is 118 cm³/mol. The lowest BCUT2D eigenvalue weighted by Crippen LogP contribution is -2.48. The van der Waals surface area contributed by atoms with Crippen molar-refractivity contribution in [2.75, 3.05) is 42.9 Å². The van der Waals surface area contributed by atoms with Crippen molar-refractivity contribution in [1.29, 1.82) is 0 Å². The Labute approximate surface area is 182 Å². The van der Waals surface area contributed by atoms with Gasteiger partial charge in [-0.15, -0.1) is 22.7 Å². The highest BCUT2D eigenvalue weighted by atomic mass is 32.2. The van der Waals surface area contributed by atoms with Crippen molar-refractivity contribution in [3.8, 4) is 5.75 Å². The van der Waals surface area contributed by atoms with Crippen molar-refractivity contribution in [3.05, 3.63) is 52.9 Å². The predicted octanol–water partition coefficient (Wildman–Crippen LogP) is 2.98. The highest BCUT2D eigenvalue weighted by Gasteiger charge is 2.25. The first-order chi connectivity index (χ1) is 14.5. The molecule has 4 rings (SSSR count). The van der Waals surface area contributed by atoms with E-state index in [2.05, 4.69) is 14.6 Å². The lowest BCUT2D eigenvalue weighted by atomic mass is 10.2. The maximum atomic E-state index is 12.8. The molecule has 0 bridgehead atoms. The molecule has 1 fully saturated rings. The third kappa shape index (κ3) is 4.42. The molecule has 1 aliphatic heterocycles. The largest absolute Gasteiger partial charge is 0.497 e. The van der Waals surface area contributed by atoms with Crippen LogP contribution in [-0.2, 0) is 10.0 Å². The number of nitrogens with one attached hydrogen (secondary N) is 1. The second kappa shape index (κ2) is 8.62. The van der Waals surface area contributed by atoms with Crippen molar-refractivity contribution in [3.63, 3.8) is 0 Å². The molecule has 1 aromatic carbocycles. The molecule has 0 saturated carbocycles. The molecule has 3 aromatic rings. The Morgan fingerprint density at radius 1 is 1.13 bits per heavy atom. The molecule has 0 unspecified atom stereocenters. The zero-order valence-electron chi connectivity index (χ0n) is 16.1. The number of carbonyl (C=O) groups is 1. The number of nitrogens with zero attached hydrogens (tertiary/aromatic N) is 3. The van der Waals surface area contributed by atoms with Crippen LogP contribution in [0.15, 0.2) is 51.4 Å². The minimum atomic E-state index is -3.68. The first kappa shape index (κ1) is 20.6. The minimum absolute atomic E-state index is 0.182. The number of rotatable bonds is 6. The average molecular weight is 465 g/mol. The molecule has 1 aliphatic rings. The minimum Gasteiger partial charge on any atom is -0.497 e. The van der Waals surface area contributed by atoms with Gasteiger partial charge >= 0.3 is 0 Å². The van der Waals surface area contributed by atoms with Crippen LogP contribution < -0.4 is 14.4 Å². The summed E-state index contributed by atoms with van der Waals surface area (Å²) in [7, 11) is -2.04. The van der Waals surface area contributed by atoms with Crippen molar-refractivity contribution in [2.45, 2.75) is 4.21 Å². The van der Waals surface area contributed by atoms with Gasteiger partial charge in [0.2, 0.25) is 0 Å². The van der Waals surface area contributed by atoms with Crippen LogP contribution in [-0.4, -0.2) is 57.5 Å². The molecule has 30 heavy (non-hydrogen) atoms. The fourth-order valence-corrected chi connectivity index (χ4v) is 6.07. The summed E-state index contributed by atoms with van der Waals surface area (Å²) in [5.41, 5.74) is 1.30. The van der Waals surface area contributed by atoms with Crippen molar-refractivity contribution >= 4 is 49.4 Å². The monoisotopic (exact) mass is 464 g/mol. The number of hydrogen-bond donors (Lipinski definition) is 1. The Balaban J connectivity index is 1.38. The Kier molecular flexibility index (Phi) is 5.93. The van der Waals surface area contributed by atoms with E-state index in [9.17, 15) is 13.2 Å². The maximum absolute atomic E-state index is 12.8. The summed E-state index contributed by atoms with van der Waals surface area (Å²) in [6.45, 7) is 2.51. The fourth-order valence-electron chi connectivity index (χ4n) is 3.14. The van der Waals surface area contributed by atoms with E-state index in [0.29, 0.717) is 26.2 Å². The third-order valence-electron chi connectivity index (χ3n) is 4.69. The zero-order chi connectivity index (χ0) is 21.1. The number of carbonyl (C=O) groups excluding carboxylic acids is 1. The van der Waals surface area contributed by atoms with Gasteiger partial charge in [-0.1, -0.05) is 12.1 Å². The van der Waals surface area contributed by atoms with E-state index in [1.54, 1.807) is 28.8 Å². The molecule has 1 amide bonds. The molecular formula is C19H20N4O4S3. The number of benzene rings is 1. The van der Waals surface area contributed by atoms with E-state index in [-0.39, 0.29) is 20.9 Å². The Morgan fingerprint density at radius 3 is 2.63 bits per heavy atom. The standard InChI is InChI=1S/C19H20N4O4S3/c1-27-15-5-2-4-14(12-15)22-7-9-23(10-8-22)18(24)16-13-29-19(20-16)21-30(25,26)17-6-3-11-28-17/h2-6,11-13H,7-10H2,1H3,(H,20,21). The summed E-state index contributed by atoms with van der Waals surface area (Å²) in [5, 5.41) is 3.46. The van der Waals surface area contributed by atoms with Gasteiger partial charge in [-0.25, -0.2) is 13.4 Å². The lowest BCUT2D eigenvalue weighted by molar-refractivity contribution is 0.0741. The number of hydrogen-bond acceptors (Lipinski definition) is 8. The van der Waals surface area contributed by atoms with Crippen LogP contribution in [0.25, 0.3) is 0 Å². The highest BCUT2D eigenvalue weighted by Crippen LogP contribution is 2.25. The van der Waals surface area contributed by atoms with Gasteiger partial charge in [-0.2, -0.15) is 0 Å². The molecular weight excluding hydrogens is 444 g/mol.